The maximum Gasteiger partial charge on any atom is 0.138 e. The van der Waals surface area contributed by atoms with E-state index in [0.717, 1.165) is 31.9 Å². The summed E-state index contributed by atoms with van der Waals surface area (Å²) in [6, 6.07) is 19.0. The number of aromatic nitrogens is 1. The molecule has 2 aromatic carbocycles. The van der Waals surface area contributed by atoms with Crippen LogP contribution in [0.5, 0.6) is 5.75 Å². The zero-order valence-electron chi connectivity index (χ0n) is 16.0. The minimum atomic E-state index is 0.00198. The summed E-state index contributed by atoms with van der Waals surface area (Å²) in [6.07, 6.45) is 5.36. The van der Waals surface area contributed by atoms with Gasteiger partial charge < -0.3 is 14.0 Å². The van der Waals surface area contributed by atoms with Crippen LogP contribution in [0.25, 0.3) is 5.69 Å². The van der Waals surface area contributed by atoms with E-state index in [0.29, 0.717) is 0 Å². The Balaban J connectivity index is 1.53. The molecule has 1 aliphatic heterocycles. The second kappa shape index (κ2) is 7.99. The lowest BCUT2D eigenvalue weighted by Crippen LogP contribution is -2.23. The maximum atomic E-state index is 6.06. The molecule has 4 rings (SSSR count). The van der Waals surface area contributed by atoms with Gasteiger partial charge in [0, 0.05) is 36.7 Å². The Morgan fingerprint density at radius 1 is 1.07 bits per heavy atom. The molecule has 1 aliphatic rings. The molecule has 0 bridgehead atoms. The van der Waals surface area contributed by atoms with Crippen molar-refractivity contribution >= 4 is 0 Å². The number of aryl methyl sites for hydroxylation is 1. The molecule has 1 saturated heterocycles. The van der Waals surface area contributed by atoms with E-state index in [4.69, 9.17) is 9.47 Å². The summed E-state index contributed by atoms with van der Waals surface area (Å²) in [6.45, 7) is 4.76. The molecule has 0 spiro atoms. The molecule has 1 atom stereocenters. The van der Waals surface area contributed by atoms with Crippen molar-refractivity contribution in [3.63, 3.8) is 0 Å². The first kappa shape index (κ1) is 17.8. The van der Waals surface area contributed by atoms with E-state index in [1.54, 1.807) is 7.11 Å². The van der Waals surface area contributed by atoms with Gasteiger partial charge in [-0.3, -0.25) is 4.90 Å². The van der Waals surface area contributed by atoms with Crippen LogP contribution in [-0.4, -0.2) is 29.7 Å². The van der Waals surface area contributed by atoms with Crippen LogP contribution in [0, 0.1) is 0 Å². The lowest BCUT2D eigenvalue weighted by atomic mass is 10.1. The summed E-state index contributed by atoms with van der Waals surface area (Å²) in [4.78, 5) is 2.38. The SMILES string of the molecule is CCc1ccccc1-n1ccc([C@H]2OCCN2Cc2ccc(OC)cc2)c1. The number of hydrogen-bond acceptors (Lipinski definition) is 3. The minimum absolute atomic E-state index is 0.00198. The van der Waals surface area contributed by atoms with Crippen molar-refractivity contribution in [2.45, 2.75) is 26.1 Å². The highest BCUT2D eigenvalue weighted by Gasteiger charge is 2.27. The Labute approximate surface area is 161 Å². The van der Waals surface area contributed by atoms with Gasteiger partial charge in [0.1, 0.15) is 12.0 Å². The quantitative estimate of drug-likeness (QED) is 0.642. The Bertz CT molecular complexity index is 885. The molecule has 27 heavy (non-hydrogen) atoms. The Hall–Kier alpha value is -2.56. The normalized spacial score (nSPS) is 17.3. The fourth-order valence-corrected chi connectivity index (χ4v) is 3.71. The molecular weight excluding hydrogens is 336 g/mol. The monoisotopic (exact) mass is 362 g/mol. The Morgan fingerprint density at radius 2 is 1.89 bits per heavy atom. The first-order valence-electron chi connectivity index (χ1n) is 9.53. The van der Waals surface area contributed by atoms with Crippen LogP contribution < -0.4 is 4.74 Å². The van der Waals surface area contributed by atoms with Crippen LogP contribution in [0.1, 0.15) is 29.8 Å². The van der Waals surface area contributed by atoms with Crippen LogP contribution in [0.2, 0.25) is 0 Å². The molecule has 0 saturated carbocycles. The van der Waals surface area contributed by atoms with Crippen molar-refractivity contribution in [1.82, 2.24) is 9.47 Å². The number of hydrogen-bond donors (Lipinski definition) is 0. The predicted octanol–water partition coefficient (Wildman–Crippen LogP) is 4.58. The molecule has 1 aromatic heterocycles. The predicted molar refractivity (Wildman–Crippen MR) is 107 cm³/mol. The van der Waals surface area contributed by atoms with Crippen molar-refractivity contribution < 1.29 is 9.47 Å². The van der Waals surface area contributed by atoms with E-state index in [-0.39, 0.29) is 6.23 Å². The summed E-state index contributed by atoms with van der Waals surface area (Å²) in [5, 5.41) is 0. The fraction of sp³-hybridized carbons (Fsp3) is 0.304. The first-order valence-corrected chi connectivity index (χ1v) is 9.53. The van der Waals surface area contributed by atoms with Gasteiger partial charge in [-0.05, 0) is 41.8 Å². The summed E-state index contributed by atoms with van der Waals surface area (Å²) in [7, 11) is 1.70. The Morgan fingerprint density at radius 3 is 2.67 bits per heavy atom. The average Bonchev–Trinajstić information content (AvgIpc) is 3.38. The van der Waals surface area contributed by atoms with Gasteiger partial charge in [0.05, 0.1) is 13.7 Å². The molecule has 1 fully saturated rings. The van der Waals surface area contributed by atoms with Crippen LogP contribution >= 0.6 is 0 Å². The fourth-order valence-electron chi connectivity index (χ4n) is 3.71. The molecule has 0 N–H and O–H groups in total. The van der Waals surface area contributed by atoms with E-state index in [2.05, 4.69) is 71.2 Å². The molecule has 0 aliphatic carbocycles. The molecule has 4 heteroatoms. The van der Waals surface area contributed by atoms with Gasteiger partial charge in [-0.25, -0.2) is 0 Å². The summed E-state index contributed by atoms with van der Waals surface area (Å²) in [5.74, 6) is 0.889. The van der Waals surface area contributed by atoms with E-state index in [1.165, 1.54) is 22.4 Å². The largest absolute Gasteiger partial charge is 0.497 e. The smallest absolute Gasteiger partial charge is 0.138 e. The summed E-state index contributed by atoms with van der Waals surface area (Å²) < 4.78 is 13.5. The first-order chi connectivity index (χ1) is 13.3. The van der Waals surface area contributed by atoms with Gasteiger partial charge in [0.2, 0.25) is 0 Å². The molecule has 0 unspecified atom stereocenters. The van der Waals surface area contributed by atoms with Crippen LogP contribution in [-0.2, 0) is 17.7 Å². The molecule has 140 valence electrons. The highest BCUT2D eigenvalue weighted by molar-refractivity contribution is 5.42. The van der Waals surface area contributed by atoms with E-state index < -0.39 is 0 Å². The van der Waals surface area contributed by atoms with Gasteiger partial charge in [-0.2, -0.15) is 0 Å². The third kappa shape index (κ3) is 3.77. The van der Waals surface area contributed by atoms with E-state index in [1.807, 2.05) is 12.1 Å². The zero-order valence-corrected chi connectivity index (χ0v) is 16.0. The van der Waals surface area contributed by atoms with Gasteiger partial charge in [0.25, 0.3) is 0 Å². The van der Waals surface area contributed by atoms with E-state index >= 15 is 0 Å². The lowest BCUT2D eigenvalue weighted by molar-refractivity contribution is 0.0288. The molecule has 4 nitrogen and oxygen atoms in total. The van der Waals surface area contributed by atoms with E-state index in [9.17, 15) is 0 Å². The topological polar surface area (TPSA) is 26.6 Å². The second-order valence-electron chi connectivity index (χ2n) is 6.88. The molecule has 0 radical (unpaired) electrons. The van der Waals surface area contributed by atoms with Gasteiger partial charge in [-0.1, -0.05) is 37.3 Å². The van der Waals surface area contributed by atoms with Crippen LogP contribution in [0.15, 0.2) is 67.0 Å². The molecule has 0 amide bonds. The van der Waals surface area contributed by atoms with Crippen LogP contribution in [0.4, 0.5) is 0 Å². The highest BCUT2D eigenvalue weighted by Crippen LogP contribution is 2.30. The summed E-state index contributed by atoms with van der Waals surface area (Å²) >= 11 is 0. The van der Waals surface area contributed by atoms with Gasteiger partial charge >= 0.3 is 0 Å². The minimum Gasteiger partial charge on any atom is -0.497 e. The summed E-state index contributed by atoms with van der Waals surface area (Å²) in [5.41, 5.74) is 5.06. The average molecular weight is 362 g/mol. The third-order valence-corrected chi connectivity index (χ3v) is 5.18. The molecule has 2 heterocycles. The van der Waals surface area contributed by atoms with Gasteiger partial charge in [0.15, 0.2) is 0 Å². The van der Waals surface area contributed by atoms with Crippen LogP contribution in [0.3, 0.4) is 0 Å². The number of nitrogens with zero attached hydrogens (tertiary/aromatic N) is 2. The highest BCUT2D eigenvalue weighted by atomic mass is 16.5. The van der Waals surface area contributed by atoms with Crippen molar-refractivity contribution in [1.29, 1.82) is 0 Å². The molecular formula is C23H26N2O2. The molecule has 3 aromatic rings. The van der Waals surface area contributed by atoms with Gasteiger partial charge in [-0.15, -0.1) is 0 Å². The number of rotatable bonds is 6. The number of ether oxygens (including phenoxy) is 2. The van der Waals surface area contributed by atoms with Crippen molar-refractivity contribution in [3.05, 3.63) is 83.7 Å². The van der Waals surface area contributed by atoms with Crippen molar-refractivity contribution in [3.8, 4) is 11.4 Å². The maximum absolute atomic E-state index is 6.06. The van der Waals surface area contributed by atoms with Crippen molar-refractivity contribution in [2.75, 3.05) is 20.3 Å². The second-order valence-corrected chi connectivity index (χ2v) is 6.88. The Kier molecular flexibility index (Phi) is 5.28. The third-order valence-electron chi connectivity index (χ3n) is 5.18. The number of para-hydroxylation sites is 1. The zero-order chi connectivity index (χ0) is 18.6. The standard InChI is InChI=1S/C23H26N2O2/c1-3-19-6-4-5-7-22(19)24-13-12-20(17-24)23-25(14-15-27-23)16-18-8-10-21(26-2)11-9-18/h4-13,17,23H,3,14-16H2,1-2H3/t23-/m1/s1. The van der Waals surface area contributed by atoms with Crippen molar-refractivity contribution in [2.24, 2.45) is 0 Å². The number of methoxy groups -OCH3 is 1. The number of benzene rings is 2. The lowest BCUT2D eigenvalue weighted by Gasteiger charge is -2.22.